The normalized spacial score (nSPS) is 14.9. The summed E-state index contributed by atoms with van der Waals surface area (Å²) < 4.78 is 17.1. The van der Waals surface area contributed by atoms with Gasteiger partial charge in [-0.1, -0.05) is 45.6 Å². The molecule has 0 fully saturated rings. The average Bonchev–Trinajstić information content (AvgIpc) is 3.21. The minimum Gasteiger partial charge on any atom is -0.454 e. The number of aryl methyl sites for hydroxylation is 1. The van der Waals surface area contributed by atoms with Crippen LogP contribution in [0.5, 0.6) is 11.5 Å². The van der Waals surface area contributed by atoms with Crippen molar-refractivity contribution in [3.8, 4) is 23.3 Å². The van der Waals surface area contributed by atoms with Gasteiger partial charge in [-0.3, -0.25) is 0 Å². The molecule has 2 atom stereocenters. The maximum atomic E-state index is 10.3. The Morgan fingerprint density at radius 3 is 2.45 bits per heavy atom. The van der Waals surface area contributed by atoms with Crippen molar-refractivity contribution in [1.29, 1.82) is 0 Å². The second-order valence-corrected chi connectivity index (χ2v) is 12.7. The fourth-order valence-electron chi connectivity index (χ4n) is 3.75. The third-order valence-electron chi connectivity index (χ3n) is 6.02. The third kappa shape index (κ3) is 7.37. The van der Waals surface area contributed by atoms with Gasteiger partial charge in [-0.2, -0.15) is 0 Å². The van der Waals surface area contributed by atoms with E-state index in [9.17, 15) is 5.11 Å². The van der Waals surface area contributed by atoms with E-state index in [4.69, 9.17) is 13.9 Å². The molecule has 1 N–H and O–H groups in total. The molecule has 4 nitrogen and oxygen atoms in total. The molecular formula is C24H38O4Si. The summed E-state index contributed by atoms with van der Waals surface area (Å²) in [4.78, 5) is 0. The van der Waals surface area contributed by atoms with Gasteiger partial charge in [-0.15, -0.1) is 5.92 Å². The van der Waals surface area contributed by atoms with E-state index < -0.39 is 14.4 Å². The van der Waals surface area contributed by atoms with E-state index in [1.807, 2.05) is 13.0 Å². The highest BCUT2D eigenvalue weighted by atomic mass is 28.4. The Labute approximate surface area is 178 Å². The quantitative estimate of drug-likeness (QED) is 0.269. The number of unbranched alkanes of at least 4 members (excludes halogenated alkanes) is 4. The first-order valence-corrected chi connectivity index (χ1v) is 13.8. The Morgan fingerprint density at radius 1 is 1.03 bits per heavy atom. The molecule has 0 radical (unpaired) electrons. The molecule has 1 aliphatic heterocycles. The lowest BCUT2D eigenvalue weighted by Crippen LogP contribution is -2.42. The average molecular weight is 419 g/mol. The summed E-state index contributed by atoms with van der Waals surface area (Å²) in [6, 6.07) is 9.49. The van der Waals surface area contributed by atoms with Crippen molar-refractivity contribution in [3.05, 3.63) is 23.8 Å². The molecule has 0 spiro atoms. The monoisotopic (exact) mass is 418 g/mol. The first-order chi connectivity index (χ1) is 14.0. The van der Waals surface area contributed by atoms with Crippen LogP contribution in [-0.2, 0) is 10.8 Å². The van der Waals surface area contributed by atoms with Gasteiger partial charge in [0.25, 0.3) is 0 Å². The van der Waals surface area contributed by atoms with Gasteiger partial charge < -0.3 is 19.0 Å². The molecule has 1 aromatic rings. The zero-order valence-electron chi connectivity index (χ0n) is 18.6. The molecular weight excluding hydrogens is 380 g/mol. The van der Waals surface area contributed by atoms with Crippen LogP contribution in [0.3, 0.4) is 0 Å². The number of rotatable bonds is 12. The van der Waals surface area contributed by atoms with Crippen LogP contribution in [0.1, 0.15) is 65.4 Å². The fraction of sp³-hybridized carbons (Fsp3) is 0.667. The summed E-state index contributed by atoms with van der Waals surface area (Å²) in [7, 11) is -1.69. The number of hydrogen-bond acceptors (Lipinski definition) is 4. The van der Waals surface area contributed by atoms with E-state index in [2.05, 4.69) is 44.7 Å². The summed E-state index contributed by atoms with van der Waals surface area (Å²) in [5.41, 5.74) is 1.30. The lowest BCUT2D eigenvalue weighted by molar-refractivity contribution is 0.0771. The number of aliphatic hydroxyl groups is 1. The van der Waals surface area contributed by atoms with Crippen LogP contribution < -0.4 is 9.47 Å². The lowest BCUT2D eigenvalue weighted by atomic mass is 10.0. The molecule has 162 valence electrons. The molecule has 29 heavy (non-hydrogen) atoms. The van der Waals surface area contributed by atoms with Crippen molar-refractivity contribution < 1.29 is 19.0 Å². The number of aliphatic hydroxyl groups excluding tert-OH is 1. The van der Waals surface area contributed by atoms with Crippen molar-refractivity contribution in [1.82, 2.24) is 0 Å². The van der Waals surface area contributed by atoms with E-state index in [1.165, 1.54) is 24.8 Å². The van der Waals surface area contributed by atoms with E-state index in [-0.39, 0.29) is 6.10 Å². The zero-order chi connectivity index (χ0) is 21.1. The first-order valence-electron chi connectivity index (χ1n) is 11.3. The van der Waals surface area contributed by atoms with Gasteiger partial charge in [0.2, 0.25) is 6.79 Å². The number of fused-ring (bicyclic) bond motifs is 1. The molecule has 1 aromatic carbocycles. The minimum absolute atomic E-state index is 0.198. The van der Waals surface area contributed by atoms with Crippen LogP contribution in [0.4, 0.5) is 0 Å². The molecule has 2 rings (SSSR count). The SMILES string of the molecule is CC[Si](CC)(CC)O[C@@H](C)[C@@H](O)C#CCCCCCCc1ccc2c(c1)OCO2. The maximum absolute atomic E-state index is 10.3. The third-order valence-corrected chi connectivity index (χ3v) is 10.8. The van der Waals surface area contributed by atoms with Crippen LogP contribution in [0, 0.1) is 11.8 Å². The van der Waals surface area contributed by atoms with E-state index in [0.717, 1.165) is 48.9 Å². The van der Waals surface area contributed by atoms with Gasteiger partial charge >= 0.3 is 0 Å². The Morgan fingerprint density at radius 2 is 1.72 bits per heavy atom. The molecule has 0 aliphatic carbocycles. The predicted octanol–water partition coefficient (Wildman–Crippen LogP) is 5.68. The van der Waals surface area contributed by atoms with Crippen molar-refractivity contribution in [2.75, 3.05) is 6.79 Å². The standard InChI is InChI=1S/C24H38O4Si/c1-5-29(6-2,7-3)28-20(4)22(25)15-13-11-9-8-10-12-14-21-16-17-23-24(18-21)27-19-26-23/h16-18,20,22,25H,5-12,14,19H2,1-4H3/t20-,22-/m0/s1. The van der Waals surface area contributed by atoms with Gasteiger partial charge in [0.05, 0.1) is 6.10 Å². The topological polar surface area (TPSA) is 47.9 Å². The second kappa shape index (κ2) is 12.3. The predicted molar refractivity (Wildman–Crippen MR) is 121 cm³/mol. The van der Waals surface area contributed by atoms with E-state index >= 15 is 0 Å². The highest BCUT2D eigenvalue weighted by Gasteiger charge is 2.32. The maximum Gasteiger partial charge on any atom is 0.231 e. The molecule has 0 bridgehead atoms. The van der Waals surface area contributed by atoms with Crippen molar-refractivity contribution in [2.45, 2.75) is 96.6 Å². The lowest BCUT2D eigenvalue weighted by Gasteiger charge is -2.32. The summed E-state index contributed by atoms with van der Waals surface area (Å²) in [5, 5.41) is 10.3. The molecule has 0 saturated heterocycles. The summed E-state index contributed by atoms with van der Waals surface area (Å²) in [5.74, 6) is 7.86. The minimum atomic E-state index is -1.69. The molecule has 5 heteroatoms. The van der Waals surface area contributed by atoms with Gasteiger partial charge in [-0.05, 0) is 62.0 Å². The van der Waals surface area contributed by atoms with Crippen LogP contribution in [-0.4, -0.2) is 32.4 Å². The summed E-state index contributed by atoms with van der Waals surface area (Å²) in [6.07, 6.45) is 5.62. The van der Waals surface area contributed by atoms with Crippen LogP contribution in [0.25, 0.3) is 0 Å². The van der Waals surface area contributed by atoms with Gasteiger partial charge in [-0.25, -0.2) is 0 Å². The Kier molecular flexibility index (Phi) is 10.1. The highest BCUT2D eigenvalue weighted by Crippen LogP contribution is 2.32. The van der Waals surface area contributed by atoms with Crippen molar-refractivity contribution in [3.63, 3.8) is 0 Å². The Hall–Kier alpha value is -1.48. The summed E-state index contributed by atoms with van der Waals surface area (Å²) >= 11 is 0. The van der Waals surface area contributed by atoms with Crippen LogP contribution in [0.2, 0.25) is 18.1 Å². The van der Waals surface area contributed by atoms with Gasteiger partial charge in [0.15, 0.2) is 19.8 Å². The molecule has 0 aromatic heterocycles. The zero-order valence-corrected chi connectivity index (χ0v) is 19.6. The van der Waals surface area contributed by atoms with E-state index in [0.29, 0.717) is 6.79 Å². The van der Waals surface area contributed by atoms with Crippen LogP contribution >= 0.6 is 0 Å². The number of ether oxygens (including phenoxy) is 2. The number of benzene rings is 1. The Bertz CT molecular complexity index is 667. The van der Waals surface area contributed by atoms with Crippen molar-refractivity contribution >= 4 is 8.32 Å². The van der Waals surface area contributed by atoms with E-state index in [1.54, 1.807) is 0 Å². The van der Waals surface area contributed by atoms with Crippen molar-refractivity contribution in [2.24, 2.45) is 0 Å². The second-order valence-electron chi connectivity index (χ2n) is 7.93. The molecule has 0 saturated carbocycles. The molecule has 1 heterocycles. The van der Waals surface area contributed by atoms with Crippen LogP contribution in [0.15, 0.2) is 18.2 Å². The molecule has 0 amide bonds. The first kappa shape index (κ1) is 23.8. The fourth-order valence-corrected chi connectivity index (χ4v) is 6.66. The Balaban J connectivity index is 1.60. The largest absolute Gasteiger partial charge is 0.454 e. The molecule has 0 unspecified atom stereocenters. The number of hydrogen-bond donors (Lipinski definition) is 1. The summed E-state index contributed by atoms with van der Waals surface area (Å²) in [6.45, 7) is 8.90. The van der Waals surface area contributed by atoms with Gasteiger partial charge in [0, 0.05) is 6.42 Å². The smallest absolute Gasteiger partial charge is 0.231 e. The molecule has 1 aliphatic rings. The van der Waals surface area contributed by atoms with Gasteiger partial charge in [0.1, 0.15) is 6.10 Å². The highest BCUT2D eigenvalue weighted by molar-refractivity contribution is 6.73.